The van der Waals surface area contributed by atoms with Crippen LogP contribution in [0.1, 0.15) is 25.0 Å². The van der Waals surface area contributed by atoms with Crippen LogP contribution in [0.3, 0.4) is 0 Å². The van der Waals surface area contributed by atoms with Crippen molar-refractivity contribution in [2.75, 3.05) is 9.80 Å². The summed E-state index contributed by atoms with van der Waals surface area (Å²) in [5.74, 6) is 0. The molecule has 0 unspecified atom stereocenters. The molecule has 0 aliphatic heterocycles. The van der Waals surface area contributed by atoms with Gasteiger partial charge in [0.2, 0.25) is 0 Å². The summed E-state index contributed by atoms with van der Waals surface area (Å²) in [4.78, 5) is 4.73. The highest BCUT2D eigenvalue weighted by molar-refractivity contribution is 6.24. The fourth-order valence-corrected chi connectivity index (χ4v) is 10.2. The van der Waals surface area contributed by atoms with Gasteiger partial charge in [0.15, 0.2) is 5.58 Å². The van der Waals surface area contributed by atoms with Crippen molar-refractivity contribution in [1.82, 2.24) is 0 Å². The van der Waals surface area contributed by atoms with Gasteiger partial charge in [-0.3, -0.25) is 0 Å². The Hall–Kier alpha value is -7.88. The number of hydrogen-bond acceptors (Lipinski definition) is 3. The number of nitrogens with zero attached hydrogens (tertiary/aromatic N) is 2. The predicted molar refractivity (Wildman–Crippen MR) is 261 cm³/mol. The van der Waals surface area contributed by atoms with Gasteiger partial charge in [-0.15, -0.1) is 0 Å². The summed E-state index contributed by atoms with van der Waals surface area (Å²) in [6.45, 7) is 4.80. The first-order valence-electron chi connectivity index (χ1n) is 21.4. The van der Waals surface area contributed by atoms with Gasteiger partial charge in [-0.05, 0) is 128 Å². The average molecular weight is 795 g/mol. The Bertz CT molecular complexity index is 3440. The summed E-state index contributed by atoms with van der Waals surface area (Å²) in [6, 6.07) is 79.0. The van der Waals surface area contributed by atoms with Crippen LogP contribution >= 0.6 is 0 Å². The molecule has 0 N–H and O–H groups in total. The van der Waals surface area contributed by atoms with E-state index in [1.54, 1.807) is 0 Å². The van der Waals surface area contributed by atoms with Crippen LogP contribution in [0.2, 0.25) is 0 Å². The molecule has 294 valence electrons. The molecule has 0 fully saturated rings. The van der Waals surface area contributed by atoms with Gasteiger partial charge in [0.1, 0.15) is 5.58 Å². The maximum atomic E-state index is 6.68. The highest BCUT2D eigenvalue weighted by Gasteiger charge is 2.36. The topological polar surface area (TPSA) is 19.6 Å². The van der Waals surface area contributed by atoms with Crippen LogP contribution in [0.25, 0.3) is 65.7 Å². The number of furan rings is 1. The van der Waals surface area contributed by atoms with Crippen molar-refractivity contribution in [3.05, 3.63) is 230 Å². The molecule has 3 nitrogen and oxygen atoms in total. The molecule has 12 rings (SSSR count). The second-order valence-corrected chi connectivity index (χ2v) is 16.9. The molecule has 62 heavy (non-hydrogen) atoms. The minimum atomic E-state index is -0.302. The van der Waals surface area contributed by atoms with Crippen molar-refractivity contribution in [3.63, 3.8) is 0 Å². The van der Waals surface area contributed by atoms with E-state index >= 15 is 0 Å². The molecule has 3 heteroatoms. The van der Waals surface area contributed by atoms with E-state index in [4.69, 9.17) is 4.42 Å². The van der Waals surface area contributed by atoms with Crippen LogP contribution in [0.5, 0.6) is 0 Å². The fourth-order valence-electron chi connectivity index (χ4n) is 10.2. The Kier molecular flexibility index (Phi) is 8.20. The Balaban J connectivity index is 1.13. The Labute approximate surface area is 361 Å². The molecule has 0 saturated heterocycles. The molecule has 0 amide bonds. The molecule has 0 bridgehead atoms. The summed E-state index contributed by atoms with van der Waals surface area (Å²) < 4.78 is 6.68. The van der Waals surface area contributed by atoms with Crippen molar-refractivity contribution in [2.24, 2.45) is 0 Å². The Morgan fingerprint density at radius 2 is 0.935 bits per heavy atom. The fraction of sp³-hybridized carbons (Fsp3) is 0.0508. The molecule has 0 saturated carbocycles. The van der Waals surface area contributed by atoms with E-state index in [2.05, 4.69) is 236 Å². The van der Waals surface area contributed by atoms with Crippen LogP contribution in [-0.2, 0) is 5.41 Å². The van der Waals surface area contributed by atoms with Gasteiger partial charge in [0.05, 0.1) is 5.69 Å². The number of benzene rings is 10. The molecule has 0 spiro atoms. The third-order valence-electron chi connectivity index (χ3n) is 13.0. The lowest BCUT2D eigenvalue weighted by atomic mass is 9.66. The van der Waals surface area contributed by atoms with E-state index in [-0.39, 0.29) is 5.41 Å². The Morgan fingerprint density at radius 3 is 1.65 bits per heavy atom. The van der Waals surface area contributed by atoms with Gasteiger partial charge in [0.25, 0.3) is 0 Å². The van der Waals surface area contributed by atoms with Crippen LogP contribution in [-0.4, -0.2) is 0 Å². The van der Waals surface area contributed by atoms with E-state index in [1.165, 1.54) is 54.9 Å². The number of para-hydroxylation sites is 5. The lowest BCUT2D eigenvalue weighted by Crippen LogP contribution is -2.24. The predicted octanol–water partition coefficient (Wildman–Crippen LogP) is 16.8. The van der Waals surface area contributed by atoms with Gasteiger partial charge >= 0.3 is 0 Å². The summed E-state index contributed by atoms with van der Waals surface area (Å²) >= 11 is 0. The number of hydrogen-bond donors (Lipinski definition) is 0. The van der Waals surface area contributed by atoms with Crippen molar-refractivity contribution >= 4 is 77.6 Å². The van der Waals surface area contributed by atoms with Gasteiger partial charge in [0, 0.05) is 44.6 Å². The van der Waals surface area contributed by atoms with Crippen LogP contribution < -0.4 is 9.80 Å². The zero-order valence-corrected chi connectivity index (χ0v) is 34.6. The minimum absolute atomic E-state index is 0.302. The number of anilines is 6. The van der Waals surface area contributed by atoms with Crippen LogP contribution in [0.15, 0.2) is 223 Å². The monoisotopic (exact) mass is 794 g/mol. The van der Waals surface area contributed by atoms with Gasteiger partial charge in [-0.2, -0.15) is 0 Å². The Morgan fingerprint density at radius 1 is 0.371 bits per heavy atom. The minimum Gasteiger partial charge on any atom is -0.454 e. The molecule has 10 aromatic carbocycles. The maximum Gasteiger partial charge on any atom is 0.159 e. The van der Waals surface area contributed by atoms with Gasteiger partial charge in [-0.1, -0.05) is 159 Å². The molecular formula is C59H42N2O. The molecule has 1 aromatic heterocycles. The van der Waals surface area contributed by atoms with E-state index in [1.807, 2.05) is 6.07 Å². The van der Waals surface area contributed by atoms with Crippen molar-refractivity contribution in [3.8, 4) is 22.3 Å². The highest BCUT2D eigenvalue weighted by atomic mass is 16.3. The molecule has 1 aliphatic rings. The van der Waals surface area contributed by atoms with Crippen LogP contribution in [0, 0.1) is 0 Å². The second-order valence-electron chi connectivity index (χ2n) is 16.9. The second kappa shape index (κ2) is 14.1. The summed E-state index contributed by atoms with van der Waals surface area (Å²) in [5, 5.41) is 7.23. The normalized spacial score (nSPS) is 12.8. The third-order valence-corrected chi connectivity index (χ3v) is 13.0. The lowest BCUT2D eigenvalue weighted by molar-refractivity contribution is 0.645. The van der Waals surface area contributed by atoms with E-state index in [0.29, 0.717) is 0 Å². The summed E-state index contributed by atoms with van der Waals surface area (Å²) in [5.41, 5.74) is 15.6. The van der Waals surface area contributed by atoms with Crippen molar-refractivity contribution in [1.29, 1.82) is 0 Å². The molecule has 0 radical (unpaired) electrons. The highest BCUT2D eigenvalue weighted by Crippen LogP contribution is 2.56. The number of rotatable bonds is 7. The first-order chi connectivity index (χ1) is 30.5. The van der Waals surface area contributed by atoms with Crippen molar-refractivity contribution < 1.29 is 4.42 Å². The van der Waals surface area contributed by atoms with E-state index in [0.717, 1.165) is 56.1 Å². The zero-order valence-electron chi connectivity index (χ0n) is 34.6. The van der Waals surface area contributed by atoms with E-state index in [9.17, 15) is 0 Å². The SMILES string of the molecule is CC1(C)c2cc(N(c3ccccc3)c3ccccc3)ccc2-c2c(-c3ccccc3)c3ccc(N(c4ccccc4)c4cccc5c4oc4ccccc45)cc3c3cccc1c23. The third kappa shape index (κ3) is 5.52. The number of fused-ring (bicyclic) bond motifs is 7. The van der Waals surface area contributed by atoms with Crippen molar-refractivity contribution in [2.45, 2.75) is 19.3 Å². The largest absolute Gasteiger partial charge is 0.454 e. The first-order valence-corrected chi connectivity index (χ1v) is 21.4. The standard InChI is InChI=1S/C59H42N2O/c1-59(2)51-30-17-28-46-50-37-43(61(42-25-13-6-14-26-42)53-31-18-29-48-45-27-15-16-32-54(45)62-58(48)53)33-35-47(50)55(39-19-7-3-8-20-39)57(56(46)51)49-36-34-44(38-52(49)59)60(40-21-9-4-10-22-40)41-23-11-5-12-24-41/h3-38H,1-2H3. The molecule has 0 atom stereocenters. The first kappa shape index (κ1) is 36.0. The van der Waals surface area contributed by atoms with Crippen LogP contribution in [0.4, 0.5) is 34.1 Å². The van der Waals surface area contributed by atoms with Gasteiger partial charge < -0.3 is 14.2 Å². The summed E-state index contributed by atoms with van der Waals surface area (Å²) in [7, 11) is 0. The quantitative estimate of drug-likeness (QED) is 0.150. The smallest absolute Gasteiger partial charge is 0.159 e. The molecule has 1 aliphatic carbocycles. The van der Waals surface area contributed by atoms with Gasteiger partial charge in [-0.25, -0.2) is 0 Å². The summed E-state index contributed by atoms with van der Waals surface area (Å²) in [6.07, 6.45) is 0. The lowest BCUT2D eigenvalue weighted by Gasteiger charge is -2.38. The average Bonchev–Trinajstić information content (AvgIpc) is 3.72. The van der Waals surface area contributed by atoms with E-state index < -0.39 is 0 Å². The molecule has 11 aromatic rings. The zero-order chi connectivity index (χ0) is 41.4. The molecule has 1 heterocycles. The maximum absolute atomic E-state index is 6.68. The molecular weight excluding hydrogens is 753 g/mol.